The second kappa shape index (κ2) is 18.4. The molecule has 2 heterocycles. The van der Waals surface area contributed by atoms with E-state index in [1.165, 1.54) is 29.9 Å². The molecule has 0 aromatic heterocycles. The highest BCUT2D eigenvalue weighted by molar-refractivity contribution is 6.30. The van der Waals surface area contributed by atoms with Gasteiger partial charge >= 0.3 is 5.90 Å². The highest BCUT2D eigenvalue weighted by Crippen LogP contribution is 2.34. The Hall–Kier alpha value is -2.88. The van der Waals surface area contributed by atoms with Crippen molar-refractivity contribution in [3.8, 4) is 0 Å². The van der Waals surface area contributed by atoms with Crippen molar-refractivity contribution >= 4 is 17.5 Å². The summed E-state index contributed by atoms with van der Waals surface area (Å²) in [7, 11) is 0. The molecule has 0 spiro atoms. The van der Waals surface area contributed by atoms with Crippen LogP contribution in [0.1, 0.15) is 50.3 Å². The Kier molecular flexibility index (Phi) is 15.9. The Labute approximate surface area is 224 Å². The number of nitrogens with two attached hydrogens (primary N) is 1. The third-order valence-electron chi connectivity index (χ3n) is 5.78. The quantitative estimate of drug-likeness (QED) is 0.252. The summed E-state index contributed by atoms with van der Waals surface area (Å²) < 4.78 is 8.45. The molecule has 4 heteroatoms. The van der Waals surface area contributed by atoms with Crippen molar-refractivity contribution in [2.24, 2.45) is 11.7 Å². The smallest absolute Gasteiger partial charge is 0.337 e. The molecule has 2 atom stereocenters. The highest BCUT2D eigenvalue weighted by atomic mass is 35.5. The molecule has 4 rings (SSSR count). The van der Waals surface area contributed by atoms with Crippen molar-refractivity contribution in [1.82, 2.24) is 0 Å². The van der Waals surface area contributed by atoms with Crippen LogP contribution in [0.2, 0.25) is 5.02 Å². The highest BCUT2D eigenvalue weighted by Gasteiger charge is 2.44. The van der Waals surface area contributed by atoms with Crippen LogP contribution in [0.3, 0.4) is 0 Å². The summed E-state index contributed by atoms with van der Waals surface area (Å²) in [6, 6.07) is 19.5. The van der Waals surface area contributed by atoms with Crippen molar-refractivity contribution in [2.75, 3.05) is 13.2 Å². The summed E-state index contributed by atoms with van der Waals surface area (Å²) in [6.45, 7) is 18.4. The summed E-state index contributed by atoms with van der Waals surface area (Å²) in [6.07, 6.45) is 12.2. The van der Waals surface area contributed by atoms with E-state index in [9.17, 15) is 0 Å². The number of rotatable bonds is 5. The van der Waals surface area contributed by atoms with Crippen LogP contribution in [0, 0.1) is 12.8 Å². The van der Waals surface area contributed by atoms with E-state index in [1.807, 2.05) is 42.5 Å². The van der Waals surface area contributed by atoms with Gasteiger partial charge in [0.05, 0.1) is 6.42 Å². The van der Waals surface area contributed by atoms with E-state index >= 15 is 0 Å². The number of allylic oxidation sites excluding steroid dienone is 4. The van der Waals surface area contributed by atoms with Gasteiger partial charge in [0, 0.05) is 29.5 Å². The SMILES string of the molecule is C=C/C=C\C=C.C=CCN.CC(C)C1COC2=[N+]1C(c1ccc(Cl)cc1)CCC2.Cc1ccccc1. The van der Waals surface area contributed by atoms with Gasteiger partial charge in [0.25, 0.3) is 0 Å². The summed E-state index contributed by atoms with van der Waals surface area (Å²) >= 11 is 6.00. The van der Waals surface area contributed by atoms with Gasteiger partial charge in [0.15, 0.2) is 18.7 Å². The zero-order chi connectivity index (χ0) is 26.8. The van der Waals surface area contributed by atoms with Crippen molar-refractivity contribution in [2.45, 2.75) is 52.1 Å². The summed E-state index contributed by atoms with van der Waals surface area (Å²) in [5, 5.41) is 0.807. The fraction of sp³-hybridized carbons (Fsp3) is 0.344. The first kappa shape index (κ1) is 31.2. The monoisotopic (exact) mass is 507 g/mol. The lowest BCUT2D eigenvalue weighted by Crippen LogP contribution is -2.36. The predicted octanol–water partition coefficient (Wildman–Crippen LogP) is 8.07. The standard InChI is InChI=1S/C16H21ClNO.C7H8.C6H8.C3H7N/c1-11(2)15-10-19-16-5-3-4-14(18(15)16)12-6-8-13(17)9-7-12;1-7-5-3-2-4-6-7;1-3-5-6-4-2;1-2-3-4/h6-9,11,14-15H,3-5,10H2,1-2H3;2-6H,1H3;3-6H,1-2H2;2H,1,3-4H2/q+1;;;/b;;6-5-;. The molecule has 0 saturated carbocycles. The fourth-order valence-corrected chi connectivity index (χ4v) is 4.06. The second-order valence-electron chi connectivity index (χ2n) is 8.92. The molecule has 2 aromatic carbocycles. The summed E-state index contributed by atoms with van der Waals surface area (Å²) in [4.78, 5) is 0. The van der Waals surface area contributed by atoms with E-state index in [1.54, 1.807) is 18.2 Å². The van der Waals surface area contributed by atoms with Gasteiger partial charge in [-0.25, -0.2) is 0 Å². The molecule has 0 saturated heterocycles. The van der Waals surface area contributed by atoms with Gasteiger partial charge in [-0.1, -0.05) is 117 Å². The van der Waals surface area contributed by atoms with Crippen molar-refractivity contribution in [3.63, 3.8) is 0 Å². The molecule has 0 amide bonds. The second-order valence-corrected chi connectivity index (χ2v) is 9.35. The van der Waals surface area contributed by atoms with Crippen LogP contribution in [0.4, 0.5) is 0 Å². The lowest BCUT2D eigenvalue weighted by atomic mass is 9.94. The van der Waals surface area contributed by atoms with Crippen LogP contribution in [-0.4, -0.2) is 29.7 Å². The average Bonchev–Trinajstić information content (AvgIpc) is 3.34. The molecular formula is C32H44ClN2O+. The minimum atomic E-state index is 0.455. The van der Waals surface area contributed by atoms with E-state index in [0.717, 1.165) is 18.1 Å². The van der Waals surface area contributed by atoms with Crippen LogP contribution in [0.5, 0.6) is 0 Å². The van der Waals surface area contributed by atoms with Crippen LogP contribution in [-0.2, 0) is 4.74 Å². The molecule has 2 aliphatic rings. The maximum Gasteiger partial charge on any atom is 0.337 e. The normalized spacial score (nSPS) is 17.8. The lowest BCUT2D eigenvalue weighted by Gasteiger charge is -2.23. The molecule has 2 N–H and O–H groups in total. The Morgan fingerprint density at radius 1 is 1.03 bits per heavy atom. The van der Waals surface area contributed by atoms with Crippen molar-refractivity contribution in [3.05, 3.63) is 121 Å². The Morgan fingerprint density at radius 2 is 1.61 bits per heavy atom. The van der Waals surface area contributed by atoms with E-state index in [0.29, 0.717) is 24.5 Å². The van der Waals surface area contributed by atoms with Gasteiger partial charge < -0.3 is 10.5 Å². The van der Waals surface area contributed by atoms with E-state index in [2.05, 4.69) is 69.3 Å². The van der Waals surface area contributed by atoms with Gasteiger partial charge in [-0.3, -0.25) is 0 Å². The van der Waals surface area contributed by atoms with Crippen LogP contribution in [0.15, 0.2) is 105 Å². The third kappa shape index (κ3) is 11.2. The van der Waals surface area contributed by atoms with Crippen LogP contribution in [0.25, 0.3) is 0 Å². The van der Waals surface area contributed by atoms with E-state index in [-0.39, 0.29) is 0 Å². The zero-order valence-corrected chi connectivity index (χ0v) is 23.0. The van der Waals surface area contributed by atoms with Gasteiger partial charge in [-0.05, 0) is 25.5 Å². The third-order valence-corrected chi connectivity index (χ3v) is 6.04. The maximum absolute atomic E-state index is 6.00. The molecule has 3 nitrogen and oxygen atoms in total. The zero-order valence-electron chi connectivity index (χ0n) is 22.3. The maximum atomic E-state index is 6.00. The Balaban J connectivity index is 0.000000313. The molecular weight excluding hydrogens is 464 g/mol. The number of aryl methyl sites for hydroxylation is 1. The number of hydrogen-bond donors (Lipinski definition) is 1. The number of benzene rings is 2. The minimum absolute atomic E-state index is 0.455. The number of nitrogens with zero attached hydrogens (tertiary/aromatic N) is 1. The Bertz CT molecular complexity index is 951. The first-order chi connectivity index (χ1) is 17.4. The van der Waals surface area contributed by atoms with Gasteiger partial charge in [-0.15, -0.1) is 6.58 Å². The molecule has 0 radical (unpaired) electrons. The van der Waals surface area contributed by atoms with Gasteiger partial charge in [0.2, 0.25) is 0 Å². The number of halogens is 1. The average molecular weight is 508 g/mol. The molecule has 0 bridgehead atoms. The number of hydrogen-bond acceptors (Lipinski definition) is 2. The fourth-order valence-electron chi connectivity index (χ4n) is 3.93. The minimum Gasteiger partial charge on any atom is -0.441 e. The molecule has 2 aromatic rings. The topological polar surface area (TPSA) is 38.3 Å². The van der Waals surface area contributed by atoms with E-state index < -0.39 is 0 Å². The number of ether oxygens (including phenoxy) is 1. The molecule has 36 heavy (non-hydrogen) atoms. The van der Waals surface area contributed by atoms with Crippen LogP contribution < -0.4 is 5.73 Å². The lowest BCUT2D eigenvalue weighted by molar-refractivity contribution is -0.610. The molecule has 0 aliphatic carbocycles. The molecule has 2 unspecified atom stereocenters. The van der Waals surface area contributed by atoms with Crippen molar-refractivity contribution < 1.29 is 9.31 Å². The largest absolute Gasteiger partial charge is 0.441 e. The molecule has 194 valence electrons. The van der Waals surface area contributed by atoms with Crippen molar-refractivity contribution in [1.29, 1.82) is 0 Å². The first-order valence-corrected chi connectivity index (χ1v) is 13.0. The van der Waals surface area contributed by atoms with Gasteiger partial charge in [0.1, 0.15) is 0 Å². The van der Waals surface area contributed by atoms with Crippen LogP contribution >= 0.6 is 11.6 Å². The summed E-state index contributed by atoms with van der Waals surface area (Å²) in [5.41, 5.74) is 7.59. The summed E-state index contributed by atoms with van der Waals surface area (Å²) in [5.74, 6) is 1.82. The molecule has 0 fully saturated rings. The van der Waals surface area contributed by atoms with E-state index in [4.69, 9.17) is 22.1 Å². The van der Waals surface area contributed by atoms with Gasteiger partial charge in [-0.2, -0.15) is 4.58 Å². The Morgan fingerprint density at radius 3 is 2.06 bits per heavy atom. The predicted molar refractivity (Wildman–Crippen MR) is 158 cm³/mol. The molecule has 2 aliphatic heterocycles. The first-order valence-electron chi connectivity index (χ1n) is 12.6.